The van der Waals surface area contributed by atoms with Gasteiger partial charge in [-0.15, -0.1) is 0 Å². The molecule has 1 atom stereocenters. The lowest BCUT2D eigenvalue weighted by Gasteiger charge is -2.10. The molecular formula is C20H22ClN5O. The van der Waals surface area contributed by atoms with Gasteiger partial charge in [-0.05, 0) is 43.9 Å². The Hall–Kier alpha value is -2.47. The monoisotopic (exact) mass is 383 g/mol. The van der Waals surface area contributed by atoms with Gasteiger partial charge >= 0.3 is 0 Å². The van der Waals surface area contributed by atoms with Gasteiger partial charge in [0.2, 0.25) is 0 Å². The Bertz CT molecular complexity index is 1120. The second-order valence-electron chi connectivity index (χ2n) is 7.33. The molecule has 27 heavy (non-hydrogen) atoms. The van der Waals surface area contributed by atoms with Crippen LogP contribution >= 0.6 is 11.6 Å². The summed E-state index contributed by atoms with van der Waals surface area (Å²) in [6.45, 7) is 5.92. The molecule has 6 nitrogen and oxygen atoms in total. The third-order valence-electron chi connectivity index (χ3n) is 5.20. The van der Waals surface area contributed by atoms with Crippen LogP contribution in [0.3, 0.4) is 0 Å². The van der Waals surface area contributed by atoms with Gasteiger partial charge in [-0.1, -0.05) is 24.6 Å². The average molecular weight is 384 g/mol. The first-order valence-corrected chi connectivity index (χ1v) is 9.49. The smallest absolute Gasteiger partial charge is 0.264 e. The lowest BCUT2D eigenvalue weighted by atomic mass is 10.0. The van der Waals surface area contributed by atoms with Gasteiger partial charge in [-0.3, -0.25) is 14.0 Å². The molecule has 0 amide bonds. The number of halogens is 1. The van der Waals surface area contributed by atoms with Crippen molar-refractivity contribution in [3.8, 4) is 0 Å². The second-order valence-corrected chi connectivity index (χ2v) is 7.74. The van der Waals surface area contributed by atoms with E-state index in [1.807, 2.05) is 13.1 Å². The fourth-order valence-corrected chi connectivity index (χ4v) is 3.48. The van der Waals surface area contributed by atoms with Crippen LogP contribution in [0.25, 0.3) is 16.6 Å². The third kappa shape index (κ3) is 3.30. The molecule has 1 unspecified atom stereocenters. The van der Waals surface area contributed by atoms with Crippen LogP contribution < -0.4 is 5.56 Å². The summed E-state index contributed by atoms with van der Waals surface area (Å²) < 4.78 is 3.54. The van der Waals surface area contributed by atoms with Crippen LogP contribution in [0, 0.1) is 6.92 Å². The highest BCUT2D eigenvalue weighted by atomic mass is 35.5. The van der Waals surface area contributed by atoms with Crippen molar-refractivity contribution in [2.45, 2.75) is 45.6 Å². The number of allylic oxidation sites excluding steroid dienone is 2. The van der Waals surface area contributed by atoms with E-state index >= 15 is 0 Å². The zero-order valence-electron chi connectivity index (χ0n) is 15.9. The minimum Gasteiger partial charge on any atom is -0.299 e. The molecule has 3 aromatic rings. The van der Waals surface area contributed by atoms with Gasteiger partial charge in [0.15, 0.2) is 5.65 Å². The summed E-state index contributed by atoms with van der Waals surface area (Å²) in [5.41, 5.74) is 3.11. The van der Waals surface area contributed by atoms with E-state index in [1.165, 1.54) is 23.0 Å². The van der Waals surface area contributed by atoms with E-state index in [1.54, 1.807) is 20.0 Å². The minimum absolute atomic E-state index is 0.177. The Labute approximate surface area is 162 Å². The van der Waals surface area contributed by atoms with Crippen LogP contribution in [0.1, 0.15) is 55.7 Å². The SMILES string of the molecule is C/C(=C\C(C)c1cnn(C2CC2)c1)c1cc(Cl)c2c(=O)n(C)c(C)nc2n1. The van der Waals surface area contributed by atoms with E-state index in [-0.39, 0.29) is 11.5 Å². The van der Waals surface area contributed by atoms with Gasteiger partial charge in [0.25, 0.3) is 5.56 Å². The topological polar surface area (TPSA) is 65.6 Å². The highest BCUT2D eigenvalue weighted by Gasteiger charge is 2.24. The highest BCUT2D eigenvalue weighted by Crippen LogP contribution is 2.35. The number of aromatic nitrogens is 5. The molecule has 0 bridgehead atoms. The number of aryl methyl sites for hydroxylation is 1. The van der Waals surface area contributed by atoms with E-state index in [2.05, 4.69) is 38.9 Å². The first-order valence-electron chi connectivity index (χ1n) is 9.12. The Morgan fingerprint density at radius 2 is 2.11 bits per heavy atom. The van der Waals surface area contributed by atoms with E-state index in [0.717, 1.165) is 11.3 Å². The highest BCUT2D eigenvalue weighted by molar-refractivity contribution is 6.35. The summed E-state index contributed by atoms with van der Waals surface area (Å²) in [6, 6.07) is 2.32. The normalized spacial score (nSPS) is 16.1. The summed E-state index contributed by atoms with van der Waals surface area (Å²) in [5.74, 6) is 0.808. The summed E-state index contributed by atoms with van der Waals surface area (Å²) in [7, 11) is 1.68. The molecule has 0 radical (unpaired) electrons. The van der Waals surface area contributed by atoms with E-state index in [9.17, 15) is 4.79 Å². The molecule has 0 aromatic carbocycles. The Kier molecular flexibility index (Phi) is 4.38. The maximum absolute atomic E-state index is 12.5. The molecule has 0 aliphatic heterocycles. The number of fused-ring (bicyclic) bond motifs is 1. The number of rotatable bonds is 4. The fraction of sp³-hybridized carbons (Fsp3) is 0.400. The second kappa shape index (κ2) is 6.60. The summed E-state index contributed by atoms with van der Waals surface area (Å²) in [5, 5.41) is 5.21. The molecule has 140 valence electrons. The standard InChI is InChI=1S/C20H22ClN5O/c1-11(14-9-22-26(10-14)15-5-6-15)7-12(2)17-8-16(21)18-19(24-17)23-13(3)25(4)20(18)27/h7-11,15H,5-6H2,1-4H3/b12-7+. The van der Waals surface area contributed by atoms with Gasteiger partial charge < -0.3 is 0 Å². The zero-order valence-corrected chi connectivity index (χ0v) is 16.7. The molecule has 0 N–H and O–H groups in total. The van der Waals surface area contributed by atoms with Crippen LogP contribution in [0.4, 0.5) is 0 Å². The molecular weight excluding hydrogens is 362 g/mol. The van der Waals surface area contributed by atoms with Crippen LogP contribution in [0.15, 0.2) is 29.3 Å². The number of hydrogen-bond donors (Lipinski definition) is 0. The summed E-state index contributed by atoms with van der Waals surface area (Å²) in [4.78, 5) is 21.5. The van der Waals surface area contributed by atoms with Gasteiger partial charge in [0.1, 0.15) is 11.2 Å². The van der Waals surface area contributed by atoms with Gasteiger partial charge in [0, 0.05) is 19.2 Å². The number of nitrogens with zero attached hydrogens (tertiary/aromatic N) is 5. The van der Waals surface area contributed by atoms with E-state index < -0.39 is 0 Å². The molecule has 1 saturated carbocycles. The fourth-order valence-electron chi connectivity index (χ4n) is 3.21. The predicted octanol–water partition coefficient (Wildman–Crippen LogP) is 4.03. The van der Waals surface area contributed by atoms with Crippen LogP contribution in [-0.4, -0.2) is 24.3 Å². The van der Waals surface area contributed by atoms with E-state index in [4.69, 9.17) is 11.6 Å². The molecule has 7 heteroatoms. The zero-order chi connectivity index (χ0) is 19.3. The van der Waals surface area contributed by atoms with Gasteiger partial charge in [0.05, 0.1) is 23.0 Å². The van der Waals surface area contributed by atoms with Crippen LogP contribution in [0.2, 0.25) is 5.02 Å². The van der Waals surface area contributed by atoms with Crippen LogP contribution in [-0.2, 0) is 7.05 Å². The summed E-state index contributed by atoms with van der Waals surface area (Å²) >= 11 is 6.40. The summed E-state index contributed by atoms with van der Waals surface area (Å²) in [6.07, 6.45) is 8.64. The Morgan fingerprint density at radius 1 is 1.37 bits per heavy atom. The molecule has 0 saturated heterocycles. The average Bonchev–Trinajstić information content (AvgIpc) is 3.35. The number of hydrogen-bond acceptors (Lipinski definition) is 4. The Morgan fingerprint density at radius 3 is 2.81 bits per heavy atom. The first-order chi connectivity index (χ1) is 12.8. The quantitative estimate of drug-likeness (QED) is 0.682. The van der Waals surface area contributed by atoms with Crippen molar-refractivity contribution >= 4 is 28.2 Å². The first kappa shape index (κ1) is 17.9. The minimum atomic E-state index is -0.177. The predicted molar refractivity (Wildman–Crippen MR) is 107 cm³/mol. The molecule has 0 spiro atoms. The van der Waals surface area contributed by atoms with Crippen molar-refractivity contribution in [3.05, 3.63) is 57.0 Å². The maximum atomic E-state index is 12.5. The number of pyridine rings is 1. The molecule has 4 rings (SSSR count). The van der Waals surface area contributed by atoms with E-state index in [0.29, 0.717) is 27.9 Å². The molecule has 3 aromatic heterocycles. The largest absolute Gasteiger partial charge is 0.299 e. The third-order valence-corrected chi connectivity index (χ3v) is 5.49. The lowest BCUT2D eigenvalue weighted by Crippen LogP contribution is -2.21. The molecule has 1 fully saturated rings. The lowest BCUT2D eigenvalue weighted by molar-refractivity contribution is 0.640. The van der Waals surface area contributed by atoms with Gasteiger partial charge in [-0.25, -0.2) is 9.97 Å². The van der Waals surface area contributed by atoms with Crippen molar-refractivity contribution in [1.29, 1.82) is 0 Å². The maximum Gasteiger partial charge on any atom is 0.264 e. The van der Waals surface area contributed by atoms with Crippen molar-refractivity contribution in [1.82, 2.24) is 24.3 Å². The van der Waals surface area contributed by atoms with Gasteiger partial charge in [-0.2, -0.15) is 5.10 Å². The molecule has 3 heterocycles. The van der Waals surface area contributed by atoms with Crippen molar-refractivity contribution in [2.75, 3.05) is 0 Å². The molecule has 1 aliphatic rings. The van der Waals surface area contributed by atoms with Crippen molar-refractivity contribution in [3.63, 3.8) is 0 Å². The Balaban J connectivity index is 1.70. The van der Waals surface area contributed by atoms with Crippen LogP contribution in [0.5, 0.6) is 0 Å². The van der Waals surface area contributed by atoms with Crippen molar-refractivity contribution < 1.29 is 0 Å². The van der Waals surface area contributed by atoms with Crippen molar-refractivity contribution in [2.24, 2.45) is 7.05 Å². The molecule has 1 aliphatic carbocycles.